The number of piperidine rings is 1. The van der Waals surface area contributed by atoms with Gasteiger partial charge in [0.05, 0.1) is 12.0 Å². The molecule has 2 aliphatic rings. The number of likely N-dealkylation sites (tertiary alicyclic amines) is 1. The van der Waals surface area contributed by atoms with Crippen LogP contribution in [0.5, 0.6) is 11.5 Å². The van der Waals surface area contributed by atoms with Crippen molar-refractivity contribution in [3.8, 4) is 17.6 Å². The van der Waals surface area contributed by atoms with Gasteiger partial charge in [0.15, 0.2) is 11.5 Å². The molecule has 0 N–H and O–H groups in total. The molecule has 1 aromatic rings. The minimum atomic E-state index is -0.0387. The molecule has 2 heterocycles. The quantitative estimate of drug-likeness (QED) is 0.817. The van der Waals surface area contributed by atoms with E-state index in [4.69, 9.17) is 9.47 Å². The van der Waals surface area contributed by atoms with Crippen molar-refractivity contribution < 1.29 is 9.47 Å². The first-order valence-electron chi connectivity index (χ1n) is 6.75. The first-order chi connectivity index (χ1) is 9.28. The second kappa shape index (κ2) is 5.10. The molecule has 0 aliphatic carbocycles. The number of hydrogen-bond acceptors (Lipinski definition) is 4. The number of benzene rings is 1. The van der Waals surface area contributed by atoms with Gasteiger partial charge in [-0.3, -0.25) is 0 Å². The van der Waals surface area contributed by atoms with Gasteiger partial charge in [0, 0.05) is 0 Å². The van der Waals surface area contributed by atoms with E-state index in [0.29, 0.717) is 5.92 Å². The smallest absolute Gasteiger partial charge is 0.231 e. The maximum atomic E-state index is 9.51. The molecule has 3 rings (SSSR count). The summed E-state index contributed by atoms with van der Waals surface area (Å²) in [5.74, 6) is 1.96. The predicted octanol–water partition coefficient (Wildman–Crippen LogP) is 2.36. The van der Waals surface area contributed by atoms with Gasteiger partial charge in [-0.1, -0.05) is 6.07 Å². The molecule has 0 spiro atoms. The number of nitrogens with zero attached hydrogens (tertiary/aromatic N) is 2. The van der Waals surface area contributed by atoms with Crippen molar-refractivity contribution >= 4 is 0 Å². The van der Waals surface area contributed by atoms with Gasteiger partial charge < -0.3 is 14.4 Å². The van der Waals surface area contributed by atoms with Crippen molar-refractivity contribution in [2.75, 3.05) is 26.9 Å². The molecule has 0 saturated carbocycles. The third kappa shape index (κ3) is 2.39. The van der Waals surface area contributed by atoms with Crippen molar-refractivity contribution in [1.82, 2.24) is 4.90 Å². The average Bonchev–Trinajstić information content (AvgIpc) is 2.89. The van der Waals surface area contributed by atoms with E-state index < -0.39 is 0 Å². The molecule has 0 aromatic heterocycles. The molecule has 4 heteroatoms. The van der Waals surface area contributed by atoms with Crippen LogP contribution >= 0.6 is 0 Å². The van der Waals surface area contributed by atoms with E-state index in [9.17, 15) is 5.26 Å². The van der Waals surface area contributed by atoms with Crippen LogP contribution in [0.2, 0.25) is 0 Å². The van der Waals surface area contributed by atoms with Crippen molar-refractivity contribution in [2.45, 2.75) is 18.8 Å². The molecule has 1 aromatic carbocycles. The summed E-state index contributed by atoms with van der Waals surface area (Å²) >= 11 is 0. The zero-order valence-electron chi connectivity index (χ0n) is 11.1. The fourth-order valence-corrected chi connectivity index (χ4v) is 2.92. The highest BCUT2D eigenvalue weighted by Gasteiger charge is 2.27. The summed E-state index contributed by atoms with van der Waals surface area (Å²) in [7, 11) is 2.14. The van der Waals surface area contributed by atoms with Crippen LogP contribution in [-0.4, -0.2) is 31.8 Å². The maximum Gasteiger partial charge on any atom is 0.231 e. The largest absolute Gasteiger partial charge is 0.454 e. The molecule has 1 atom stereocenters. The van der Waals surface area contributed by atoms with E-state index >= 15 is 0 Å². The Balaban J connectivity index is 1.81. The second-order valence-electron chi connectivity index (χ2n) is 5.36. The lowest BCUT2D eigenvalue weighted by molar-refractivity contribution is 0.174. The fourth-order valence-electron chi connectivity index (χ4n) is 2.92. The van der Waals surface area contributed by atoms with E-state index in [0.717, 1.165) is 43.0 Å². The van der Waals surface area contributed by atoms with Gasteiger partial charge in [0.2, 0.25) is 6.79 Å². The van der Waals surface area contributed by atoms with Crippen LogP contribution in [0, 0.1) is 17.2 Å². The van der Waals surface area contributed by atoms with Crippen LogP contribution in [0.4, 0.5) is 0 Å². The van der Waals surface area contributed by atoms with Gasteiger partial charge in [-0.05, 0) is 56.6 Å². The minimum absolute atomic E-state index is 0.0387. The van der Waals surface area contributed by atoms with Crippen LogP contribution in [0.3, 0.4) is 0 Å². The zero-order valence-corrected chi connectivity index (χ0v) is 11.1. The number of rotatable bonds is 2. The first kappa shape index (κ1) is 12.3. The van der Waals surface area contributed by atoms with Crippen LogP contribution in [0.15, 0.2) is 18.2 Å². The van der Waals surface area contributed by atoms with Crippen molar-refractivity contribution in [3.63, 3.8) is 0 Å². The van der Waals surface area contributed by atoms with E-state index in [-0.39, 0.29) is 12.7 Å². The molecular formula is C15H18N2O2. The Morgan fingerprint density at radius 1 is 1.26 bits per heavy atom. The first-order valence-corrected chi connectivity index (χ1v) is 6.75. The normalized spacial score (nSPS) is 21.1. The van der Waals surface area contributed by atoms with Gasteiger partial charge in [0.1, 0.15) is 0 Å². The SMILES string of the molecule is CN1CCC(C(C#N)c2ccc3c(c2)OCO3)CC1. The van der Waals surface area contributed by atoms with Crippen LogP contribution in [-0.2, 0) is 0 Å². The standard InChI is InChI=1S/C15H18N2O2/c1-17-6-4-11(5-7-17)13(9-16)12-2-3-14-15(8-12)19-10-18-14/h2-3,8,11,13H,4-7,10H2,1H3. The molecule has 19 heavy (non-hydrogen) atoms. The number of fused-ring (bicyclic) bond motifs is 1. The molecule has 4 nitrogen and oxygen atoms in total. The monoisotopic (exact) mass is 258 g/mol. The Labute approximate surface area is 113 Å². The Hall–Kier alpha value is -1.73. The molecule has 0 bridgehead atoms. The van der Waals surface area contributed by atoms with Gasteiger partial charge in [0.25, 0.3) is 0 Å². The van der Waals surface area contributed by atoms with E-state index in [2.05, 4.69) is 18.0 Å². The Morgan fingerprint density at radius 2 is 2.00 bits per heavy atom. The average molecular weight is 258 g/mol. The van der Waals surface area contributed by atoms with E-state index in [1.54, 1.807) is 0 Å². The Morgan fingerprint density at radius 3 is 2.74 bits per heavy atom. The summed E-state index contributed by atoms with van der Waals surface area (Å²) in [5, 5.41) is 9.51. The second-order valence-corrected chi connectivity index (χ2v) is 5.36. The third-order valence-electron chi connectivity index (χ3n) is 4.13. The minimum Gasteiger partial charge on any atom is -0.454 e. The molecule has 1 saturated heterocycles. The molecule has 100 valence electrons. The van der Waals surface area contributed by atoms with Crippen LogP contribution in [0.25, 0.3) is 0 Å². The van der Waals surface area contributed by atoms with Gasteiger partial charge >= 0.3 is 0 Å². The summed E-state index contributed by atoms with van der Waals surface area (Å²) in [6.45, 7) is 2.44. The summed E-state index contributed by atoms with van der Waals surface area (Å²) < 4.78 is 10.7. The van der Waals surface area contributed by atoms with Crippen LogP contribution in [0.1, 0.15) is 24.3 Å². The maximum absolute atomic E-state index is 9.51. The van der Waals surface area contributed by atoms with E-state index in [1.807, 2.05) is 18.2 Å². The zero-order chi connectivity index (χ0) is 13.2. The molecular weight excluding hydrogens is 240 g/mol. The van der Waals surface area contributed by atoms with Crippen molar-refractivity contribution in [3.05, 3.63) is 23.8 Å². The molecule has 1 unspecified atom stereocenters. The van der Waals surface area contributed by atoms with Gasteiger partial charge in [-0.25, -0.2) is 0 Å². The Kier molecular flexibility index (Phi) is 3.31. The summed E-state index contributed by atoms with van der Waals surface area (Å²) in [4.78, 5) is 2.32. The fraction of sp³-hybridized carbons (Fsp3) is 0.533. The Bertz CT molecular complexity index is 501. The third-order valence-corrected chi connectivity index (χ3v) is 4.13. The van der Waals surface area contributed by atoms with E-state index in [1.165, 1.54) is 0 Å². The van der Waals surface area contributed by atoms with Gasteiger partial charge in [-0.15, -0.1) is 0 Å². The van der Waals surface area contributed by atoms with Crippen molar-refractivity contribution in [1.29, 1.82) is 5.26 Å². The summed E-state index contributed by atoms with van der Waals surface area (Å²) in [6.07, 6.45) is 2.17. The lowest BCUT2D eigenvalue weighted by atomic mass is 9.81. The molecule has 0 amide bonds. The highest BCUT2D eigenvalue weighted by Crippen LogP contribution is 2.38. The highest BCUT2D eigenvalue weighted by atomic mass is 16.7. The number of nitriles is 1. The van der Waals surface area contributed by atoms with Gasteiger partial charge in [-0.2, -0.15) is 5.26 Å². The molecule has 0 radical (unpaired) electrons. The number of hydrogen-bond donors (Lipinski definition) is 0. The lowest BCUT2D eigenvalue weighted by Gasteiger charge is -2.31. The summed E-state index contributed by atoms with van der Waals surface area (Å²) in [5.41, 5.74) is 1.06. The van der Waals surface area contributed by atoms with Crippen LogP contribution < -0.4 is 9.47 Å². The highest BCUT2D eigenvalue weighted by molar-refractivity contribution is 5.46. The van der Waals surface area contributed by atoms with Crippen molar-refractivity contribution in [2.24, 2.45) is 5.92 Å². The topological polar surface area (TPSA) is 45.5 Å². The summed E-state index contributed by atoms with van der Waals surface area (Å²) in [6, 6.07) is 8.36. The molecule has 1 fully saturated rings. The predicted molar refractivity (Wildman–Crippen MR) is 71.1 cm³/mol. The lowest BCUT2D eigenvalue weighted by Crippen LogP contribution is -2.32. The molecule has 2 aliphatic heterocycles. The number of ether oxygens (including phenoxy) is 2.